The third-order valence-electron chi connectivity index (χ3n) is 3.33. The number of carbonyl (C=O) groups excluding carboxylic acids is 1. The molecule has 0 fully saturated rings. The summed E-state index contributed by atoms with van der Waals surface area (Å²) < 4.78 is 1.02. The summed E-state index contributed by atoms with van der Waals surface area (Å²) in [7, 11) is 4.01. The summed E-state index contributed by atoms with van der Waals surface area (Å²) in [5, 5.41) is 0. The number of fused-ring (bicyclic) bond motifs is 1. The van der Waals surface area contributed by atoms with Crippen LogP contribution in [-0.2, 0) is 0 Å². The molecular formula is C17H14BrNOS. The Labute approximate surface area is 137 Å². The molecule has 0 saturated heterocycles. The van der Waals surface area contributed by atoms with Gasteiger partial charge in [-0.2, -0.15) is 0 Å². The molecule has 0 aliphatic carbocycles. The quantitative estimate of drug-likeness (QED) is 0.715. The second-order valence-corrected chi connectivity index (χ2v) is 6.98. The highest BCUT2D eigenvalue weighted by molar-refractivity contribution is 9.10. The first kappa shape index (κ1) is 14.4. The minimum Gasteiger partial charge on any atom is -0.377 e. The number of nitrogens with zero attached hydrogens (tertiary/aromatic N) is 1. The van der Waals surface area contributed by atoms with Crippen LogP contribution < -0.4 is 4.90 Å². The molecule has 0 unspecified atom stereocenters. The molecule has 21 heavy (non-hydrogen) atoms. The summed E-state index contributed by atoms with van der Waals surface area (Å²) in [6, 6.07) is 13.9. The van der Waals surface area contributed by atoms with Crippen LogP contribution in [0.25, 0.3) is 6.08 Å². The molecule has 1 heterocycles. The number of carbonyl (C=O) groups is 1. The highest BCUT2D eigenvalue weighted by Gasteiger charge is 2.25. The number of allylic oxidation sites excluding steroid dienone is 1. The van der Waals surface area contributed by atoms with Gasteiger partial charge >= 0.3 is 0 Å². The molecule has 3 rings (SSSR count). The Kier molecular flexibility index (Phi) is 3.91. The van der Waals surface area contributed by atoms with E-state index in [0.717, 1.165) is 31.1 Å². The largest absolute Gasteiger partial charge is 0.377 e. The Morgan fingerprint density at radius 3 is 2.57 bits per heavy atom. The molecule has 0 N–H and O–H groups in total. The Hall–Kier alpha value is -1.52. The molecule has 0 spiro atoms. The van der Waals surface area contributed by atoms with E-state index in [0.29, 0.717) is 0 Å². The van der Waals surface area contributed by atoms with Crippen molar-refractivity contribution in [2.75, 3.05) is 19.0 Å². The lowest BCUT2D eigenvalue weighted by Crippen LogP contribution is -2.09. The zero-order chi connectivity index (χ0) is 15.0. The van der Waals surface area contributed by atoms with Gasteiger partial charge in [-0.15, -0.1) is 0 Å². The van der Waals surface area contributed by atoms with Gasteiger partial charge in [0.2, 0.25) is 5.78 Å². The Morgan fingerprint density at radius 2 is 1.90 bits per heavy atom. The molecule has 0 aromatic heterocycles. The Morgan fingerprint density at radius 1 is 1.14 bits per heavy atom. The lowest BCUT2D eigenvalue weighted by molar-refractivity contribution is 0.104. The standard InChI is InChI=1S/C17H14BrNOS/c1-19(2)14-8-7-11(9-13(14)18)10-16-17(20)12-5-3-4-6-15(12)21-16/h3-10H,1-2H3/b16-10+. The zero-order valence-electron chi connectivity index (χ0n) is 11.8. The number of benzene rings is 2. The number of anilines is 1. The molecule has 2 aromatic rings. The van der Waals surface area contributed by atoms with Crippen molar-refractivity contribution in [1.82, 2.24) is 0 Å². The second kappa shape index (κ2) is 5.70. The number of hydrogen-bond acceptors (Lipinski definition) is 3. The van der Waals surface area contributed by atoms with E-state index in [1.807, 2.05) is 67.5 Å². The smallest absolute Gasteiger partial charge is 0.200 e. The monoisotopic (exact) mass is 359 g/mol. The average Bonchev–Trinajstić information content (AvgIpc) is 2.76. The van der Waals surface area contributed by atoms with Crippen molar-refractivity contribution in [3.63, 3.8) is 0 Å². The van der Waals surface area contributed by atoms with Crippen molar-refractivity contribution >= 4 is 45.2 Å². The van der Waals surface area contributed by atoms with E-state index in [-0.39, 0.29) is 5.78 Å². The predicted octanol–water partition coefficient (Wildman–Crippen LogP) is 4.84. The minimum atomic E-state index is 0.114. The van der Waals surface area contributed by atoms with Crippen LogP contribution in [-0.4, -0.2) is 19.9 Å². The van der Waals surface area contributed by atoms with E-state index in [4.69, 9.17) is 0 Å². The zero-order valence-corrected chi connectivity index (χ0v) is 14.2. The molecule has 1 aliphatic rings. The maximum atomic E-state index is 12.4. The van der Waals surface area contributed by atoms with E-state index in [2.05, 4.69) is 15.9 Å². The van der Waals surface area contributed by atoms with Gasteiger partial charge in [-0.1, -0.05) is 30.0 Å². The fourth-order valence-electron chi connectivity index (χ4n) is 2.26. The molecular weight excluding hydrogens is 346 g/mol. The number of thioether (sulfide) groups is 1. The minimum absolute atomic E-state index is 0.114. The van der Waals surface area contributed by atoms with Gasteiger partial charge < -0.3 is 4.90 Å². The number of hydrogen-bond donors (Lipinski definition) is 0. The summed E-state index contributed by atoms with van der Waals surface area (Å²) in [5.41, 5.74) is 2.94. The molecule has 4 heteroatoms. The van der Waals surface area contributed by atoms with E-state index in [1.54, 1.807) is 11.8 Å². The fourth-order valence-corrected chi connectivity index (χ4v) is 4.07. The molecule has 0 atom stereocenters. The summed E-state index contributed by atoms with van der Waals surface area (Å²) in [6.45, 7) is 0. The molecule has 2 nitrogen and oxygen atoms in total. The van der Waals surface area contributed by atoms with Gasteiger partial charge in [-0.25, -0.2) is 0 Å². The van der Waals surface area contributed by atoms with E-state index in [9.17, 15) is 4.79 Å². The summed E-state index contributed by atoms with van der Waals surface area (Å²) >= 11 is 5.12. The summed E-state index contributed by atoms with van der Waals surface area (Å²) in [4.78, 5) is 16.2. The van der Waals surface area contributed by atoms with Crippen molar-refractivity contribution < 1.29 is 4.79 Å². The highest BCUT2D eigenvalue weighted by atomic mass is 79.9. The van der Waals surface area contributed by atoms with E-state index < -0.39 is 0 Å². The lowest BCUT2D eigenvalue weighted by Gasteiger charge is -2.14. The topological polar surface area (TPSA) is 20.3 Å². The second-order valence-electron chi connectivity index (χ2n) is 5.04. The van der Waals surface area contributed by atoms with Gasteiger partial charge in [0.05, 0.1) is 10.6 Å². The third kappa shape index (κ3) is 2.78. The molecule has 0 saturated carbocycles. The van der Waals surface area contributed by atoms with Crippen LogP contribution in [0, 0.1) is 0 Å². The van der Waals surface area contributed by atoms with Crippen molar-refractivity contribution in [3.8, 4) is 0 Å². The lowest BCUT2D eigenvalue weighted by atomic mass is 10.1. The third-order valence-corrected chi connectivity index (χ3v) is 5.06. The molecule has 2 aromatic carbocycles. The number of rotatable bonds is 2. The van der Waals surface area contributed by atoms with Gasteiger partial charge in [0.1, 0.15) is 0 Å². The summed E-state index contributed by atoms with van der Waals surface area (Å²) in [5.74, 6) is 0.114. The first-order valence-electron chi connectivity index (χ1n) is 6.56. The molecule has 106 valence electrons. The maximum absolute atomic E-state index is 12.4. The first-order chi connectivity index (χ1) is 10.1. The average molecular weight is 360 g/mol. The number of ketones is 1. The van der Waals surface area contributed by atoms with Crippen LogP contribution in [0.2, 0.25) is 0 Å². The number of halogens is 1. The molecule has 1 aliphatic heterocycles. The van der Waals surface area contributed by atoms with Gasteiger partial charge in [-0.05, 0) is 51.8 Å². The van der Waals surface area contributed by atoms with Crippen molar-refractivity contribution in [2.45, 2.75) is 4.90 Å². The van der Waals surface area contributed by atoms with Gasteiger partial charge in [0, 0.05) is 29.0 Å². The van der Waals surface area contributed by atoms with Gasteiger partial charge in [0.25, 0.3) is 0 Å². The predicted molar refractivity (Wildman–Crippen MR) is 93.1 cm³/mol. The number of Topliss-reactive ketones (excluding diaryl/α,β-unsaturated/α-hetero) is 1. The molecule has 0 radical (unpaired) electrons. The van der Waals surface area contributed by atoms with Crippen LogP contribution in [0.3, 0.4) is 0 Å². The van der Waals surface area contributed by atoms with Crippen molar-refractivity contribution in [1.29, 1.82) is 0 Å². The van der Waals surface area contributed by atoms with Gasteiger partial charge in [0.15, 0.2) is 0 Å². The molecule has 0 amide bonds. The van der Waals surface area contributed by atoms with Crippen LogP contribution in [0.15, 0.2) is 56.7 Å². The van der Waals surface area contributed by atoms with E-state index in [1.165, 1.54) is 0 Å². The van der Waals surface area contributed by atoms with Gasteiger partial charge in [-0.3, -0.25) is 4.79 Å². The Bertz CT molecular complexity index is 752. The first-order valence-corrected chi connectivity index (χ1v) is 8.17. The van der Waals surface area contributed by atoms with Crippen LogP contribution in [0.5, 0.6) is 0 Å². The fraction of sp³-hybridized carbons (Fsp3) is 0.118. The maximum Gasteiger partial charge on any atom is 0.200 e. The summed E-state index contributed by atoms with van der Waals surface area (Å²) in [6.07, 6.45) is 1.96. The van der Waals surface area contributed by atoms with E-state index >= 15 is 0 Å². The van der Waals surface area contributed by atoms with Crippen LogP contribution in [0.1, 0.15) is 15.9 Å². The van der Waals surface area contributed by atoms with Crippen molar-refractivity contribution in [2.24, 2.45) is 0 Å². The normalized spacial score (nSPS) is 15.4. The van der Waals surface area contributed by atoms with Crippen LogP contribution >= 0.6 is 27.7 Å². The Balaban J connectivity index is 1.94. The highest BCUT2D eigenvalue weighted by Crippen LogP contribution is 2.40. The van der Waals surface area contributed by atoms with Crippen molar-refractivity contribution in [3.05, 3.63) is 63.0 Å². The molecule has 0 bridgehead atoms. The van der Waals surface area contributed by atoms with Crippen LogP contribution in [0.4, 0.5) is 5.69 Å². The SMILES string of the molecule is CN(C)c1ccc(/C=C2/Sc3ccccc3C2=O)cc1Br.